The van der Waals surface area contributed by atoms with E-state index in [2.05, 4.69) is 19.2 Å². The Morgan fingerprint density at radius 3 is 2.73 bits per heavy atom. The lowest BCUT2D eigenvalue weighted by atomic mass is 10.1. The van der Waals surface area contributed by atoms with Gasteiger partial charge in [-0.3, -0.25) is 4.79 Å². The number of rotatable bonds is 4. The highest BCUT2D eigenvalue weighted by molar-refractivity contribution is 7.16. The molecule has 3 N–H and O–H groups in total. The number of amides is 1. The summed E-state index contributed by atoms with van der Waals surface area (Å²) in [4.78, 5) is 12.8. The predicted molar refractivity (Wildman–Crippen MR) is 65.4 cm³/mol. The molecule has 0 radical (unpaired) electrons. The zero-order valence-corrected chi connectivity index (χ0v) is 10.3. The molecule has 0 aliphatic heterocycles. The molecule has 1 heterocycles. The molecular weight excluding hydrogens is 208 g/mol. The van der Waals surface area contributed by atoms with E-state index in [-0.39, 0.29) is 5.91 Å². The van der Waals surface area contributed by atoms with Crippen LogP contribution in [0.1, 0.15) is 48.3 Å². The van der Waals surface area contributed by atoms with E-state index in [0.29, 0.717) is 23.0 Å². The van der Waals surface area contributed by atoms with Crippen molar-refractivity contribution in [3.05, 3.63) is 16.5 Å². The monoisotopic (exact) mass is 226 g/mol. The Morgan fingerprint density at radius 1 is 1.60 bits per heavy atom. The number of hydrogen-bond donors (Lipinski definition) is 2. The first-order valence-corrected chi connectivity index (χ1v) is 6.05. The molecule has 0 saturated carbocycles. The predicted octanol–water partition coefficient (Wildman–Crippen LogP) is 2.59. The molecule has 0 aliphatic carbocycles. The number of hydrogen-bond acceptors (Lipinski definition) is 3. The van der Waals surface area contributed by atoms with E-state index in [0.717, 1.165) is 11.3 Å². The summed E-state index contributed by atoms with van der Waals surface area (Å²) in [6.45, 7) is 6.92. The minimum atomic E-state index is -0.0579. The van der Waals surface area contributed by atoms with Crippen LogP contribution in [0.15, 0.2) is 6.07 Å². The average Bonchev–Trinajstić information content (AvgIpc) is 2.57. The van der Waals surface area contributed by atoms with Gasteiger partial charge >= 0.3 is 0 Å². The second kappa shape index (κ2) is 5.16. The third kappa shape index (κ3) is 2.96. The summed E-state index contributed by atoms with van der Waals surface area (Å²) < 4.78 is 0. The van der Waals surface area contributed by atoms with Gasteiger partial charge in [0.05, 0.1) is 10.6 Å². The van der Waals surface area contributed by atoms with Crippen molar-refractivity contribution < 1.29 is 4.79 Å². The highest BCUT2D eigenvalue weighted by atomic mass is 32.1. The van der Waals surface area contributed by atoms with Crippen molar-refractivity contribution >= 4 is 22.2 Å². The summed E-state index contributed by atoms with van der Waals surface area (Å²) in [6.07, 6.45) is 0.937. The molecule has 0 atom stereocenters. The van der Waals surface area contributed by atoms with Crippen LogP contribution in [0.4, 0.5) is 5.00 Å². The second-order valence-corrected chi connectivity index (χ2v) is 4.95. The Labute approximate surface area is 94.7 Å². The van der Waals surface area contributed by atoms with Crippen molar-refractivity contribution in [3.63, 3.8) is 0 Å². The van der Waals surface area contributed by atoms with Crippen LogP contribution in [-0.2, 0) is 0 Å². The molecule has 0 fully saturated rings. The van der Waals surface area contributed by atoms with Gasteiger partial charge in [-0.1, -0.05) is 20.8 Å². The van der Waals surface area contributed by atoms with Crippen molar-refractivity contribution in [2.75, 3.05) is 12.3 Å². The number of carbonyl (C=O) groups is 1. The van der Waals surface area contributed by atoms with Crippen molar-refractivity contribution in [1.29, 1.82) is 0 Å². The van der Waals surface area contributed by atoms with E-state index >= 15 is 0 Å². The van der Waals surface area contributed by atoms with Crippen LogP contribution in [-0.4, -0.2) is 12.5 Å². The molecule has 3 nitrogen and oxygen atoms in total. The van der Waals surface area contributed by atoms with Crippen molar-refractivity contribution in [2.24, 2.45) is 0 Å². The van der Waals surface area contributed by atoms with E-state index in [9.17, 15) is 4.79 Å². The standard InChI is InChI=1S/C11H18N2OS/c1-4-5-13-11(14)8-6-9(7(2)3)15-10(8)12/h6-7H,4-5,12H2,1-3H3,(H,13,14). The van der Waals surface area contributed by atoms with E-state index in [4.69, 9.17) is 5.73 Å². The summed E-state index contributed by atoms with van der Waals surface area (Å²) >= 11 is 1.50. The minimum absolute atomic E-state index is 0.0579. The molecule has 4 heteroatoms. The van der Waals surface area contributed by atoms with Crippen LogP contribution in [0.25, 0.3) is 0 Å². The smallest absolute Gasteiger partial charge is 0.254 e. The van der Waals surface area contributed by atoms with Gasteiger partial charge in [0.1, 0.15) is 0 Å². The first kappa shape index (κ1) is 12.0. The van der Waals surface area contributed by atoms with Crippen molar-refractivity contribution in [2.45, 2.75) is 33.1 Å². The summed E-state index contributed by atoms with van der Waals surface area (Å²) in [5.41, 5.74) is 6.43. The highest BCUT2D eigenvalue weighted by Crippen LogP contribution is 2.30. The van der Waals surface area contributed by atoms with Crippen LogP contribution in [0.2, 0.25) is 0 Å². The lowest BCUT2D eigenvalue weighted by Gasteiger charge is -2.01. The molecule has 84 valence electrons. The Bertz CT molecular complexity index is 344. The molecule has 1 amide bonds. The molecule has 0 aliphatic rings. The summed E-state index contributed by atoms with van der Waals surface area (Å²) in [5, 5.41) is 3.45. The van der Waals surface area contributed by atoms with Gasteiger partial charge < -0.3 is 11.1 Å². The molecule has 1 aromatic heterocycles. The van der Waals surface area contributed by atoms with Crippen LogP contribution in [0, 0.1) is 0 Å². The molecule has 1 rings (SSSR count). The normalized spacial score (nSPS) is 10.7. The largest absolute Gasteiger partial charge is 0.390 e. The lowest BCUT2D eigenvalue weighted by Crippen LogP contribution is -2.24. The Morgan fingerprint density at radius 2 is 2.27 bits per heavy atom. The third-order valence-corrected chi connectivity index (χ3v) is 3.39. The van der Waals surface area contributed by atoms with Crippen LogP contribution < -0.4 is 11.1 Å². The minimum Gasteiger partial charge on any atom is -0.390 e. The Balaban J connectivity index is 2.80. The van der Waals surface area contributed by atoms with E-state index in [1.54, 1.807) is 0 Å². The van der Waals surface area contributed by atoms with Gasteiger partial charge in [-0.15, -0.1) is 11.3 Å². The van der Waals surface area contributed by atoms with Gasteiger partial charge in [-0.25, -0.2) is 0 Å². The summed E-state index contributed by atoms with van der Waals surface area (Å²) in [6, 6.07) is 1.90. The number of thiophene rings is 1. The summed E-state index contributed by atoms with van der Waals surface area (Å²) in [5.74, 6) is 0.363. The third-order valence-electron chi connectivity index (χ3n) is 2.13. The van der Waals surface area contributed by atoms with Crippen LogP contribution in [0.5, 0.6) is 0 Å². The van der Waals surface area contributed by atoms with Crippen LogP contribution in [0.3, 0.4) is 0 Å². The van der Waals surface area contributed by atoms with Crippen LogP contribution >= 0.6 is 11.3 Å². The number of nitrogens with one attached hydrogen (secondary N) is 1. The summed E-state index contributed by atoms with van der Waals surface area (Å²) in [7, 11) is 0. The maximum absolute atomic E-state index is 11.7. The zero-order chi connectivity index (χ0) is 11.4. The number of anilines is 1. The van der Waals surface area contributed by atoms with Gasteiger partial charge in [0.25, 0.3) is 5.91 Å². The van der Waals surface area contributed by atoms with E-state index in [1.807, 2.05) is 13.0 Å². The Kier molecular flexibility index (Phi) is 4.15. The SMILES string of the molecule is CCCNC(=O)c1cc(C(C)C)sc1N. The van der Waals surface area contributed by atoms with Gasteiger partial charge in [0, 0.05) is 11.4 Å². The molecule has 0 aromatic carbocycles. The van der Waals surface area contributed by atoms with Crippen molar-refractivity contribution in [1.82, 2.24) is 5.32 Å². The second-order valence-electron chi connectivity index (χ2n) is 3.84. The molecular formula is C11H18N2OS. The number of carbonyl (C=O) groups excluding carboxylic acids is 1. The molecule has 0 unspecified atom stereocenters. The fraction of sp³-hybridized carbons (Fsp3) is 0.545. The molecule has 0 bridgehead atoms. The topological polar surface area (TPSA) is 55.1 Å². The van der Waals surface area contributed by atoms with Gasteiger partial charge in [0.15, 0.2) is 0 Å². The van der Waals surface area contributed by atoms with Gasteiger partial charge in [-0.05, 0) is 18.4 Å². The molecule has 0 saturated heterocycles. The quantitative estimate of drug-likeness (QED) is 0.829. The highest BCUT2D eigenvalue weighted by Gasteiger charge is 2.14. The zero-order valence-electron chi connectivity index (χ0n) is 9.46. The maximum Gasteiger partial charge on any atom is 0.254 e. The van der Waals surface area contributed by atoms with E-state index < -0.39 is 0 Å². The Hall–Kier alpha value is -1.03. The maximum atomic E-state index is 11.7. The average molecular weight is 226 g/mol. The van der Waals surface area contributed by atoms with Gasteiger partial charge in [-0.2, -0.15) is 0 Å². The molecule has 15 heavy (non-hydrogen) atoms. The fourth-order valence-corrected chi connectivity index (χ4v) is 2.15. The first-order valence-electron chi connectivity index (χ1n) is 5.23. The lowest BCUT2D eigenvalue weighted by molar-refractivity contribution is 0.0955. The first-order chi connectivity index (χ1) is 7.06. The van der Waals surface area contributed by atoms with Gasteiger partial charge in [0.2, 0.25) is 0 Å². The molecule has 1 aromatic rings. The van der Waals surface area contributed by atoms with E-state index in [1.165, 1.54) is 11.3 Å². The number of nitrogens with two attached hydrogens (primary N) is 1. The number of nitrogen functional groups attached to an aromatic ring is 1. The fourth-order valence-electron chi connectivity index (χ4n) is 1.22. The van der Waals surface area contributed by atoms with Crippen molar-refractivity contribution in [3.8, 4) is 0 Å². The molecule has 0 spiro atoms.